The average molecular weight is 273 g/mol. The molecule has 2 aromatic heterocycles. The Kier molecular flexibility index (Phi) is 2.60. The van der Waals surface area contributed by atoms with Crippen molar-refractivity contribution in [3.63, 3.8) is 0 Å². The number of rotatable bonds is 2. The van der Waals surface area contributed by atoms with Crippen molar-refractivity contribution in [2.45, 2.75) is 0 Å². The quantitative estimate of drug-likeness (QED) is 0.662. The topological polar surface area (TPSA) is 98.8 Å². The number of halogens is 1. The first-order valence-electron chi connectivity index (χ1n) is 5.66. The van der Waals surface area contributed by atoms with Crippen molar-refractivity contribution in [3.05, 3.63) is 52.2 Å². The van der Waals surface area contributed by atoms with Gasteiger partial charge in [0.1, 0.15) is 11.6 Å². The molecule has 100 valence electrons. The molecule has 6 nitrogen and oxygen atoms in total. The van der Waals surface area contributed by atoms with Gasteiger partial charge >= 0.3 is 5.97 Å². The molecule has 3 N–H and O–H groups in total. The summed E-state index contributed by atoms with van der Waals surface area (Å²) in [5.41, 5.74) is 0.188. The first-order valence-corrected chi connectivity index (χ1v) is 5.66. The number of H-pyrrole nitrogens is 2. The van der Waals surface area contributed by atoms with Gasteiger partial charge in [0.25, 0.3) is 0 Å². The van der Waals surface area contributed by atoms with E-state index in [1.165, 1.54) is 18.5 Å². The summed E-state index contributed by atoms with van der Waals surface area (Å²) >= 11 is 0. The average Bonchev–Trinajstić information content (AvgIpc) is 2.80. The zero-order valence-electron chi connectivity index (χ0n) is 9.98. The molecule has 2 heterocycles. The number of hydrogen-bond acceptors (Lipinski definition) is 3. The number of benzene rings is 1. The Morgan fingerprint density at radius 2 is 2.15 bits per heavy atom. The summed E-state index contributed by atoms with van der Waals surface area (Å²) in [7, 11) is 0. The zero-order valence-corrected chi connectivity index (χ0v) is 9.98. The highest BCUT2D eigenvalue weighted by molar-refractivity contribution is 5.93. The van der Waals surface area contributed by atoms with Crippen LogP contribution in [-0.2, 0) is 0 Å². The highest BCUT2D eigenvalue weighted by Crippen LogP contribution is 2.21. The van der Waals surface area contributed by atoms with Gasteiger partial charge in [-0.25, -0.2) is 14.2 Å². The molecule has 0 bridgehead atoms. The maximum atomic E-state index is 13.6. The Morgan fingerprint density at radius 1 is 1.35 bits per heavy atom. The van der Waals surface area contributed by atoms with E-state index in [4.69, 9.17) is 5.11 Å². The molecule has 20 heavy (non-hydrogen) atoms. The molecule has 0 spiro atoms. The normalized spacial score (nSPS) is 10.8. The molecule has 0 unspecified atom stereocenters. The Morgan fingerprint density at radius 3 is 2.85 bits per heavy atom. The summed E-state index contributed by atoms with van der Waals surface area (Å²) in [5, 5.41) is 8.86. The lowest BCUT2D eigenvalue weighted by atomic mass is 10.2. The first-order chi connectivity index (χ1) is 9.56. The standard InChI is InChI=1S/C13H8FN3O3/c14-8-4-10-9(3-6(8)13(19)20)16-12(17-10)7-5-15-2-1-11(7)18/h1-5H,(H,15,18)(H,16,17)(H,19,20). The molecule has 3 rings (SSSR count). The lowest BCUT2D eigenvalue weighted by Crippen LogP contribution is -2.03. The minimum absolute atomic E-state index is 0.248. The second-order valence-corrected chi connectivity index (χ2v) is 4.16. The van der Waals surface area contributed by atoms with Crippen molar-refractivity contribution in [1.29, 1.82) is 0 Å². The van der Waals surface area contributed by atoms with Crippen molar-refractivity contribution in [3.8, 4) is 11.4 Å². The molecule has 0 saturated heterocycles. The lowest BCUT2D eigenvalue weighted by Gasteiger charge is -1.95. The number of carboxylic acid groups (broad SMARTS) is 1. The Balaban J connectivity index is 2.24. The number of aromatic carboxylic acids is 1. The van der Waals surface area contributed by atoms with Crippen molar-refractivity contribution >= 4 is 17.0 Å². The fraction of sp³-hybridized carbons (Fsp3) is 0. The van der Waals surface area contributed by atoms with Crippen LogP contribution in [0.4, 0.5) is 4.39 Å². The van der Waals surface area contributed by atoms with Crippen LogP contribution in [0.2, 0.25) is 0 Å². The highest BCUT2D eigenvalue weighted by Gasteiger charge is 2.15. The van der Waals surface area contributed by atoms with E-state index < -0.39 is 17.3 Å². The number of imidazole rings is 1. The van der Waals surface area contributed by atoms with Crippen LogP contribution < -0.4 is 5.43 Å². The van der Waals surface area contributed by atoms with E-state index >= 15 is 0 Å². The Labute approximate surface area is 110 Å². The van der Waals surface area contributed by atoms with Crippen LogP contribution in [0, 0.1) is 5.82 Å². The van der Waals surface area contributed by atoms with Crippen molar-refractivity contribution in [1.82, 2.24) is 15.0 Å². The molecule has 0 aliphatic rings. The van der Waals surface area contributed by atoms with E-state index in [0.717, 1.165) is 12.1 Å². The molecule has 0 aliphatic heterocycles. The maximum absolute atomic E-state index is 13.6. The molecule has 3 aromatic rings. The molecular weight excluding hydrogens is 265 g/mol. The van der Waals surface area contributed by atoms with E-state index in [1.807, 2.05) is 0 Å². The fourth-order valence-corrected chi connectivity index (χ4v) is 1.92. The van der Waals surface area contributed by atoms with E-state index in [-0.39, 0.29) is 16.8 Å². The van der Waals surface area contributed by atoms with Crippen LogP contribution in [0.5, 0.6) is 0 Å². The molecule has 0 fully saturated rings. The van der Waals surface area contributed by atoms with E-state index in [2.05, 4.69) is 15.0 Å². The number of nitrogens with one attached hydrogen (secondary N) is 2. The number of hydrogen-bond donors (Lipinski definition) is 3. The SMILES string of the molecule is O=C(O)c1cc2nc(-c3c[nH]ccc3=O)[nH]c2cc1F. The number of pyridine rings is 1. The largest absolute Gasteiger partial charge is 0.478 e. The van der Waals surface area contributed by atoms with Gasteiger partial charge in [0.2, 0.25) is 0 Å². The van der Waals surface area contributed by atoms with Gasteiger partial charge in [0.15, 0.2) is 5.43 Å². The minimum atomic E-state index is -1.37. The minimum Gasteiger partial charge on any atom is -0.478 e. The first kappa shape index (κ1) is 12.1. The fourth-order valence-electron chi connectivity index (χ4n) is 1.92. The monoisotopic (exact) mass is 273 g/mol. The van der Waals surface area contributed by atoms with Gasteiger partial charge in [-0.1, -0.05) is 0 Å². The number of carbonyl (C=O) groups is 1. The predicted octanol–water partition coefficient (Wildman–Crippen LogP) is 1.76. The van der Waals surface area contributed by atoms with Crippen molar-refractivity contribution < 1.29 is 14.3 Å². The Bertz CT molecular complexity index is 882. The Hall–Kier alpha value is -2.96. The van der Waals surface area contributed by atoms with E-state index in [1.54, 1.807) is 0 Å². The van der Waals surface area contributed by atoms with Crippen LogP contribution in [0.1, 0.15) is 10.4 Å². The van der Waals surface area contributed by atoms with Gasteiger partial charge in [-0.2, -0.15) is 0 Å². The third-order valence-corrected chi connectivity index (χ3v) is 2.88. The van der Waals surface area contributed by atoms with Gasteiger partial charge in [0, 0.05) is 24.5 Å². The molecule has 0 aliphatic carbocycles. The predicted molar refractivity (Wildman–Crippen MR) is 69.1 cm³/mol. The summed E-state index contributed by atoms with van der Waals surface area (Å²) in [4.78, 5) is 32.2. The summed E-state index contributed by atoms with van der Waals surface area (Å²) in [6.45, 7) is 0. The maximum Gasteiger partial charge on any atom is 0.338 e. The van der Waals surface area contributed by atoms with E-state index in [0.29, 0.717) is 11.1 Å². The van der Waals surface area contributed by atoms with Crippen molar-refractivity contribution in [2.75, 3.05) is 0 Å². The van der Waals surface area contributed by atoms with E-state index in [9.17, 15) is 14.0 Å². The zero-order chi connectivity index (χ0) is 14.3. The molecule has 1 aromatic carbocycles. The van der Waals surface area contributed by atoms with Crippen LogP contribution >= 0.6 is 0 Å². The summed E-state index contributed by atoms with van der Waals surface area (Å²) in [6.07, 6.45) is 2.95. The van der Waals surface area contributed by atoms with Gasteiger partial charge in [0.05, 0.1) is 22.2 Å². The summed E-state index contributed by atoms with van der Waals surface area (Å²) < 4.78 is 13.6. The summed E-state index contributed by atoms with van der Waals surface area (Å²) in [5.74, 6) is -1.97. The second-order valence-electron chi connectivity index (χ2n) is 4.16. The number of aromatic nitrogens is 3. The molecule has 7 heteroatoms. The molecule has 0 saturated carbocycles. The summed E-state index contributed by atoms with van der Waals surface area (Å²) in [6, 6.07) is 3.52. The van der Waals surface area contributed by atoms with Crippen LogP contribution in [0.15, 0.2) is 35.4 Å². The van der Waals surface area contributed by atoms with Crippen LogP contribution in [-0.4, -0.2) is 26.0 Å². The lowest BCUT2D eigenvalue weighted by molar-refractivity contribution is 0.0692. The molecule has 0 amide bonds. The second kappa shape index (κ2) is 4.30. The van der Waals surface area contributed by atoms with Gasteiger partial charge in [-0.05, 0) is 6.07 Å². The smallest absolute Gasteiger partial charge is 0.338 e. The van der Waals surface area contributed by atoms with Crippen LogP contribution in [0.25, 0.3) is 22.4 Å². The number of nitrogens with zero attached hydrogens (tertiary/aromatic N) is 1. The van der Waals surface area contributed by atoms with Crippen molar-refractivity contribution in [2.24, 2.45) is 0 Å². The van der Waals surface area contributed by atoms with Gasteiger partial charge < -0.3 is 15.1 Å². The van der Waals surface area contributed by atoms with Crippen LogP contribution in [0.3, 0.4) is 0 Å². The number of fused-ring (bicyclic) bond motifs is 1. The van der Waals surface area contributed by atoms with Gasteiger partial charge in [-0.15, -0.1) is 0 Å². The number of aromatic amines is 2. The van der Waals surface area contributed by atoms with Gasteiger partial charge in [-0.3, -0.25) is 4.79 Å². The highest BCUT2D eigenvalue weighted by atomic mass is 19.1. The number of carboxylic acids is 1. The third-order valence-electron chi connectivity index (χ3n) is 2.88. The molecular formula is C13H8FN3O3. The molecule has 0 radical (unpaired) electrons. The molecule has 0 atom stereocenters. The third kappa shape index (κ3) is 1.85.